The van der Waals surface area contributed by atoms with E-state index < -0.39 is 73.9 Å². The molecular formula is C12H20O11. The summed E-state index contributed by atoms with van der Waals surface area (Å²) in [5.41, 5.74) is 0. The van der Waals surface area contributed by atoms with Gasteiger partial charge in [0.15, 0.2) is 17.8 Å². The van der Waals surface area contributed by atoms with E-state index in [0.29, 0.717) is 0 Å². The van der Waals surface area contributed by atoms with Gasteiger partial charge in [0.2, 0.25) is 0 Å². The van der Waals surface area contributed by atoms with Gasteiger partial charge in [-0.3, -0.25) is 0 Å². The Bertz CT molecular complexity index is 452. The van der Waals surface area contributed by atoms with Crippen LogP contribution in [-0.4, -0.2) is 103 Å². The molecule has 0 radical (unpaired) electrons. The van der Waals surface area contributed by atoms with E-state index in [-0.39, 0.29) is 0 Å². The van der Waals surface area contributed by atoms with Crippen LogP contribution in [0.25, 0.3) is 0 Å². The number of ether oxygens (including phenoxy) is 3. The molecule has 0 bridgehead atoms. The Hall–Kier alpha value is -1.02. The van der Waals surface area contributed by atoms with Crippen molar-refractivity contribution < 1.29 is 55.1 Å². The second-order valence-electron chi connectivity index (χ2n) is 5.25. The molecule has 0 spiro atoms. The largest absolute Gasteiger partial charge is 0.506 e. The summed E-state index contributed by atoms with van der Waals surface area (Å²) in [4.78, 5) is 0. The van der Waals surface area contributed by atoms with Crippen molar-refractivity contribution in [1.29, 1.82) is 0 Å². The van der Waals surface area contributed by atoms with Gasteiger partial charge in [0.1, 0.15) is 37.1 Å². The predicted octanol–water partition coefficient (Wildman–Crippen LogP) is -3.79. The summed E-state index contributed by atoms with van der Waals surface area (Å²) >= 11 is 0. The van der Waals surface area contributed by atoms with E-state index in [9.17, 15) is 30.6 Å². The first kappa shape index (κ1) is 18.3. The Kier molecular flexibility index (Phi) is 5.45. The van der Waals surface area contributed by atoms with Crippen LogP contribution in [-0.2, 0) is 14.2 Å². The summed E-state index contributed by atoms with van der Waals surface area (Å²) in [6.45, 7) is -2.45. The Morgan fingerprint density at radius 1 is 0.957 bits per heavy atom. The maximum Gasteiger partial charge on any atom is 0.258 e. The summed E-state index contributed by atoms with van der Waals surface area (Å²) in [6.07, 6.45) is -9.52. The van der Waals surface area contributed by atoms with Crippen molar-refractivity contribution in [2.24, 2.45) is 0 Å². The molecule has 11 heteroatoms. The Labute approximate surface area is 130 Å². The molecule has 2 rings (SSSR count). The van der Waals surface area contributed by atoms with Crippen molar-refractivity contribution in [3.63, 3.8) is 0 Å². The number of aliphatic hydroxyl groups excluding tert-OH is 8. The van der Waals surface area contributed by atoms with Gasteiger partial charge in [0, 0.05) is 0 Å². The highest BCUT2D eigenvalue weighted by atomic mass is 16.8. The van der Waals surface area contributed by atoms with Crippen LogP contribution in [0.15, 0.2) is 11.5 Å². The second-order valence-corrected chi connectivity index (χ2v) is 5.25. The quantitative estimate of drug-likeness (QED) is 0.245. The highest BCUT2D eigenvalue weighted by Gasteiger charge is 2.54. The van der Waals surface area contributed by atoms with Crippen LogP contribution in [0.2, 0.25) is 0 Å². The van der Waals surface area contributed by atoms with E-state index in [1.807, 2.05) is 0 Å². The van der Waals surface area contributed by atoms with Crippen LogP contribution in [0.3, 0.4) is 0 Å². The van der Waals surface area contributed by atoms with Crippen molar-refractivity contribution in [3.05, 3.63) is 11.5 Å². The lowest BCUT2D eigenvalue weighted by Gasteiger charge is -2.42. The normalized spacial score (nSPS) is 44.8. The number of hydrogen-bond acceptors (Lipinski definition) is 11. The predicted molar refractivity (Wildman–Crippen MR) is 68.9 cm³/mol. The molecule has 1 saturated heterocycles. The van der Waals surface area contributed by atoms with Gasteiger partial charge >= 0.3 is 0 Å². The molecule has 0 aliphatic carbocycles. The minimum atomic E-state index is -2.34. The van der Waals surface area contributed by atoms with Crippen molar-refractivity contribution in [2.75, 3.05) is 19.8 Å². The van der Waals surface area contributed by atoms with E-state index in [1.165, 1.54) is 0 Å². The van der Waals surface area contributed by atoms with Crippen LogP contribution < -0.4 is 0 Å². The molecule has 11 nitrogen and oxygen atoms in total. The highest BCUT2D eigenvalue weighted by Crippen LogP contribution is 2.37. The van der Waals surface area contributed by atoms with E-state index in [1.54, 1.807) is 0 Å². The average molecular weight is 340 g/mol. The topological polar surface area (TPSA) is 190 Å². The van der Waals surface area contributed by atoms with Gasteiger partial charge in [-0.25, -0.2) is 0 Å². The van der Waals surface area contributed by atoms with E-state index in [0.717, 1.165) is 0 Å². The molecule has 0 aromatic heterocycles. The molecule has 134 valence electrons. The van der Waals surface area contributed by atoms with Crippen molar-refractivity contribution >= 4 is 0 Å². The second kappa shape index (κ2) is 6.84. The maximum atomic E-state index is 9.88. The van der Waals surface area contributed by atoms with Gasteiger partial charge in [-0.15, -0.1) is 0 Å². The van der Waals surface area contributed by atoms with Crippen molar-refractivity contribution in [1.82, 2.24) is 0 Å². The minimum Gasteiger partial charge on any atom is -0.506 e. The summed E-state index contributed by atoms with van der Waals surface area (Å²) in [7, 11) is 0. The molecule has 2 aliphatic heterocycles. The first-order chi connectivity index (χ1) is 10.8. The molecule has 0 aromatic carbocycles. The highest BCUT2D eigenvalue weighted by molar-refractivity contribution is 5.19. The van der Waals surface area contributed by atoms with Gasteiger partial charge in [0.25, 0.3) is 5.79 Å². The minimum absolute atomic E-state index is 0.704. The van der Waals surface area contributed by atoms with Crippen molar-refractivity contribution in [3.8, 4) is 0 Å². The van der Waals surface area contributed by atoms with Crippen LogP contribution in [0.4, 0.5) is 0 Å². The molecular weight excluding hydrogens is 320 g/mol. The Morgan fingerprint density at radius 2 is 1.61 bits per heavy atom. The summed E-state index contributed by atoms with van der Waals surface area (Å²) in [5, 5.41) is 76.3. The molecule has 2 aliphatic rings. The monoisotopic (exact) mass is 340 g/mol. The smallest absolute Gasteiger partial charge is 0.258 e. The lowest BCUT2D eigenvalue weighted by molar-refractivity contribution is -0.370. The lowest BCUT2D eigenvalue weighted by Crippen LogP contribution is -2.61. The fourth-order valence-corrected chi connectivity index (χ4v) is 2.40. The molecule has 8 N–H and O–H groups in total. The average Bonchev–Trinajstić information content (AvgIpc) is 2.80. The standard InChI is InChI=1S/C12H20O11/c13-1-4-6(16)8(18)9(19)11(21-4)23-12(3-15)10(20)7(17)5(2-14)22-12/h4-6,8-9,11,13-20H,1-3H2/t4-,5-,6-,8+,9-,11-,12+/m1/s1. The first-order valence-electron chi connectivity index (χ1n) is 6.81. The van der Waals surface area contributed by atoms with E-state index >= 15 is 0 Å². The van der Waals surface area contributed by atoms with Crippen LogP contribution in [0.5, 0.6) is 0 Å². The number of rotatable bonds is 5. The van der Waals surface area contributed by atoms with E-state index in [2.05, 4.69) is 0 Å². The fourth-order valence-electron chi connectivity index (χ4n) is 2.40. The summed E-state index contributed by atoms with van der Waals surface area (Å²) in [5.74, 6) is -4.05. The molecule has 0 aromatic rings. The van der Waals surface area contributed by atoms with Gasteiger partial charge in [-0.1, -0.05) is 0 Å². The molecule has 0 amide bonds. The third-order valence-electron chi connectivity index (χ3n) is 3.77. The Balaban J connectivity index is 2.22. The third-order valence-corrected chi connectivity index (χ3v) is 3.77. The fraction of sp³-hybridized carbons (Fsp3) is 0.833. The SMILES string of the molecule is OC[C@H]1O[C@@](CO)(O[C@H]2O[C@H](CO)[C@@H](O)[C@H](O)[C@H]2O)C(O)=C1O. The van der Waals surface area contributed by atoms with Gasteiger partial charge in [0.05, 0.1) is 13.2 Å². The third kappa shape index (κ3) is 3.03. The van der Waals surface area contributed by atoms with E-state index in [4.69, 9.17) is 24.4 Å². The zero-order chi connectivity index (χ0) is 17.4. The molecule has 23 heavy (non-hydrogen) atoms. The van der Waals surface area contributed by atoms with Gasteiger partial charge < -0.3 is 55.1 Å². The zero-order valence-corrected chi connectivity index (χ0v) is 11.9. The number of hydrogen-bond donors (Lipinski definition) is 8. The summed E-state index contributed by atoms with van der Waals surface area (Å²) in [6, 6.07) is 0. The summed E-state index contributed by atoms with van der Waals surface area (Å²) < 4.78 is 15.3. The molecule has 0 saturated carbocycles. The van der Waals surface area contributed by atoms with Gasteiger partial charge in [-0.2, -0.15) is 0 Å². The van der Waals surface area contributed by atoms with Crippen LogP contribution in [0.1, 0.15) is 0 Å². The van der Waals surface area contributed by atoms with Gasteiger partial charge in [-0.05, 0) is 0 Å². The van der Waals surface area contributed by atoms with Crippen LogP contribution in [0, 0.1) is 0 Å². The first-order valence-corrected chi connectivity index (χ1v) is 6.81. The number of aliphatic hydroxyl groups is 8. The Morgan fingerprint density at radius 3 is 2.09 bits per heavy atom. The van der Waals surface area contributed by atoms with Crippen molar-refractivity contribution in [2.45, 2.75) is 42.6 Å². The molecule has 7 atom stereocenters. The van der Waals surface area contributed by atoms with Crippen LogP contribution >= 0.6 is 0 Å². The molecule has 0 unspecified atom stereocenters. The lowest BCUT2D eigenvalue weighted by atomic mass is 9.99. The zero-order valence-electron chi connectivity index (χ0n) is 11.9. The molecule has 2 heterocycles. The molecule has 1 fully saturated rings. The maximum absolute atomic E-state index is 9.88.